The second-order valence-electron chi connectivity index (χ2n) is 5.46. The average molecular weight is 274 g/mol. The Kier molecular flexibility index (Phi) is 7.71. The molecule has 2 heteroatoms. The highest BCUT2D eigenvalue weighted by atomic mass is 16.4. The van der Waals surface area contributed by atoms with E-state index in [1.165, 1.54) is 29.5 Å². The van der Waals surface area contributed by atoms with E-state index in [2.05, 4.69) is 44.2 Å². The largest absolute Gasteiger partial charge is 0.481 e. The molecule has 0 fully saturated rings. The summed E-state index contributed by atoms with van der Waals surface area (Å²) in [5.41, 5.74) is 3.93. The first-order valence-corrected chi connectivity index (χ1v) is 7.55. The smallest absolute Gasteiger partial charge is 0.303 e. The molecule has 110 valence electrons. The molecule has 0 saturated carbocycles. The zero-order chi connectivity index (χ0) is 14.8. The third kappa shape index (κ3) is 7.13. The molecule has 0 unspecified atom stereocenters. The maximum Gasteiger partial charge on any atom is 0.303 e. The maximum absolute atomic E-state index is 10.4. The van der Waals surface area contributed by atoms with Crippen molar-refractivity contribution in [2.45, 2.75) is 58.8 Å². The van der Waals surface area contributed by atoms with Crippen LogP contribution in [-0.2, 0) is 4.79 Å². The molecule has 0 aliphatic carbocycles. The summed E-state index contributed by atoms with van der Waals surface area (Å²) < 4.78 is 0. The molecule has 1 aromatic carbocycles. The van der Waals surface area contributed by atoms with Gasteiger partial charge in [0.05, 0.1) is 0 Å². The van der Waals surface area contributed by atoms with Gasteiger partial charge in [0.2, 0.25) is 0 Å². The van der Waals surface area contributed by atoms with Crippen LogP contribution in [0.2, 0.25) is 0 Å². The van der Waals surface area contributed by atoms with E-state index in [1.54, 1.807) is 0 Å². The summed E-state index contributed by atoms with van der Waals surface area (Å²) in [7, 11) is 0. The lowest BCUT2D eigenvalue weighted by atomic mass is 10.0. The maximum atomic E-state index is 10.4. The Bertz CT molecular complexity index is 447. The molecule has 0 heterocycles. The number of rotatable bonds is 9. The van der Waals surface area contributed by atoms with Gasteiger partial charge in [-0.25, -0.2) is 0 Å². The Morgan fingerprint density at radius 1 is 1.10 bits per heavy atom. The van der Waals surface area contributed by atoms with Crippen molar-refractivity contribution < 1.29 is 9.90 Å². The van der Waals surface area contributed by atoms with Crippen molar-refractivity contribution >= 4 is 12.0 Å². The molecule has 0 bridgehead atoms. The van der Waals surface area contributed by atoms with Crippen molar-refractivity contribution in [3.05, 3.63) is 41.0 Å². The summed E-state index contributed by atoms with van der Waals surface area (Å²) in [6.07, 6.45) is 11.3. The van der Waals surface area contributed by atoms with Gasteiger partial charge in [-0.3, -0.25) is 4.79 Å². The molecule has 0 aliphatic rings. The van der Waals surface area contributed by atoms with Gasteiger partial charge in [-0.1, -0.05) is 55.2 Å². The minimum atomic E-state index is -0.679. The van der Waals surface area contributed by atoms with Crippen LogP contribution >= 0.6 is 0 Å². The summed E-state index contributed by atoms with van der Waals surface area (Å²) in [5.74, 6) is -0.679. The van der Waals surface area contributed by atoms with Crippen molar-refractivity contribution in [3.8, 4) is 0 Å². The normalized spacial score (nSPS) is 11.1. The van der Waals surface area contributed by atoms with Gasteiger partial charge in [0.25, 0.3) is 0 Å². The molecule has 2 nitrogen and oxygen atoms in total. The number of carbonyl (C=O) groups is 1. The fourth-order valence-electron chi connectivity index (χ4n) is 2.22. The zero-order valence-corrected chi connectivity index (χ0v) is 12.7. The Morgan fingerprint density at radius 3 is 2.55 bits per heavy atom. The van der Waals surface area contributed by atoms with Crippen molar-refractivity contribution in [2.75, 3.05) is 0 Å². The molecule has 1 aromatic rings. The Morgan fingerprint density at radius 2 is 1.80 bits per heavy atom. The molecule has 0 atom stereocenters. The highest BCUT2D eigenvalue weighted by molar-refractivity contribution is 5.66. The third-order valence-corrected chi connectivity index (χ3v) is 3.49. The van der Waals surface area contributed by atoms with Crippen molar-refractivity contribution in [3.63, 3.8) is 0 Å². The molecule has 0 spiro atoms. The number of hydrogen-bond acceptors (Lipinski definition) is 1. The Balaban J connectivity index is 2.13. The lowest BCUT2D eigenvalue weighted by Crippen LogP contribution is -1.93. The zero-order valence-electron chi connectivity index (χ0n) is 12.7. The van der Waals surface area contributed by atoms with E-state index < -0.39 is 5.97 Å². The molecule has 0 aliphatic heterocycles. The SMILES string of the molecule is Cc1ccc(C)c(/C=C/CCCCCCCC(=O)O)c1. The molecule has 0 amide bonds. The number of aliphatic carboxylic acids is 1. The molecular weight excluding hydrogens is 248 g/mol. The predicted molar refractivity (Wildman–Crippen MR) is 84.9 cm³/mol. The average Bonchev–Trinajstić information content (AvgIpc) is 2.40. The van der Waals surface area contributed by atoms with Gasteiger partial charge in [0, 0.05) is 6.42 Å². The lowest BCUT2D eigenvalue weighted by Gasteiger charge is -2.02. The molecule has 1 rings (SSSR count). The highest BCUT2D eigenvalue weighted by Crippen LogP contribution is 2.14. The van der Waals surface area contributed by atoms with Crippen LogP contribution in [0.25, 0.3) is 6.08 Å². The number of unbranched alkanes of at least 4 members (excludes halogenated alkanes) is 5. The highest BCUT2D eigenvalue weighted by Gasteiger charge is 1.96. The van der Waals surface area contributed by atoms with E-state index in [1.807, 2.05) is 0 Å². The fraction of sp³-hybridized carbons (Fsp3) is 0.500. The molecule has 20 heavy (non-hydrogen) atoms. The van der Waals surface area contributed by atoms with Crippen molar-refractivity contribution in [1.82, 2.24) is 0 Å². The Hall–Kier alpha value is -1.57. The van der Waals surface area contributed by atoms with Crippen molar-refractivity contribution in [2.24, 2.45) is 0 Å². The number of carboxylic acid groups (broad SMARTS) is 1. The van der Waals surface area contributed by atoms with Crippen LogP contribution in [0.15, 0.2) is 24.3 Å². The number of aryl methyl sites for hydroxylation is 2. The predicted octanol–water partition coefficient (Wildman–Crippen LogP) is 5.13. The van der Waals surface area contributed by atoms with Crippen LogP contribution in [0.1, 0.15) is 61.6 Å². The molecule has 0 aromatic heterocycles. The van der Waals surface area contributed by atoms with E-state index >= 15 is 0 Å². The molecular formula is C18H26O2. The summed E-state index contributed by atoms with van der Waals surface area (Å²) in [6, 6.07) is 6.53. The minimum Gasteiger partial charge on any atom is -0.481 e. The van der Waals surface area contributed by atoms with Crippen LogP contribution in [0.5, 0.6) is 0 Å². The van der Waals surface area contributed by atoms with Crippen LogP contribution in [0.3, 0.4) is 0 Å². The standard InChI is InChI=1S/C18H26O2/c1-15-12-13-16(2)17(14-15)10-8-6-4-3-5-7-9-11-18(19)20/h8,10,12-14H,3-7,9,11H2,1-2H3,(H,19,20)/b10-8+. The molecule has 1 N–H and O–H groups in total. The Labute approximate surface area is 122 Å². The van der Waals surface area contributed by atoms with Gasteiger partial charge in [0.15, 0.2) is 0 Å². The number of carboxylic acids is 1. The second kappa shape index (κ2) is 9.35. The van der Waals surface area contributed by atoms with Crippen molar-refractivity contribution in [1.29, 1.82) is 0 Å². The van der Waals surface area contributed by atoms with Crippen LogP contribution < -0.4 is 0 Å². The first kappa shape index (κ1) is 16.5. The van der Waals surface area contributed by atoms with E-state index in [0.29, 0.717) is 6.42 Å². The van der Waals surface area contributed by atoms with E-state index in [0.717, 1.165) is 25.7 Å². The quantitative estimate of drug-likeness (QED) is 0.634. The van der Waals surface area contributed by atoms with E-state index in [-0.39, 0.29) is 0 Å². The summed E-state index contributed by atoms with van der Waals surface area (Å²) in [6.45, 7) is 4.26. The monoisotopic (exact) mass is 274 g/mol. The van der Waals surface area contributed by atoms with Crippen LogP contribution in [0.4, 0.5) is 0 Å². The van der Waals surface area contributed by atoms with E-state index in [9.17, 15) is 4.79 Å². The van der Waals surface area contributed by atoms with Gasteiger partial charge in [0.1, 0.15) is 0 Å². The lowest BCUT2D eigenvalue weighted by molar-refractivity contribution is -0.137. The van der Waals surface area contributed by atoms with Crippen LogP contribution in [0, 0.1) is 13.8 Å². The van der Waals surface area contributed by atoms with Gasteiger partial charge in [-0.15, -0.1) is 0 Å². The van der Waals surface area contributed by atoms with Gasteiger partial charge < -0.3 is 5.11 Å². The first-order chi connectivity index (χ1) is 9.59. The summed E-state index contributed by atoms with van der Waals surface area (Å²) >= 11 is 0. The fourth-order valence-corrected chi connectivity index (χ4v) is 2.22. The third-order valence-electron chi connectivity index (χ3n) is 3.49. The van der Waals surface area contributed by atoms with Gasteiger partial charge in [-0.2, -0.15) is 0 Å². The molecule has 0 radical (unpaired) electrons. The summed E-state index contributed by atoms with van der Waals surface area (Å²) in [5, 5.41) is 8.53. The minimum absolute atomic E-state index is 0.312. The van der Waals surface area contributed by atoms with Crippen LogP contribution in [-0.4, -0.2) is 11.1 Å². The van der Waals surface area contributed by atoms with Gasteiger partial charge >= 0.3 is 5.97 Å². The number of allylic oxidation sites excluding steroid dienone is 1. The number of hydrogen-bond donors (Lipinski definition) is 1. The van der Waals surface area contributed by atoms with Gasteiger partial charge in [-0.05, 0) is 44.2 Å². The first-order valence-electron chi connectivity index (χ1n) is 7.55. The summed E-state index contributed by atoms with van der Waals surface area (Å²) in [4.78, 5) is 10.4. The number of benzene rings is 1. The second-order valence-corrected chi connectivity index (χ2v) is 5.46. The molecule has 0 saturated heterocycles. The van der Waals surface area contributed by atoms with E-state index in [4.69, 9.17) is 5.11 Å². The topological polar surface area (TPSA) is 37.3 Å².